The van der Waals surface area contributed by atoms with E-state index in [4.69, 9.17) is 9.47 Å². The highest BCUT2D eigenvalue weighted by atomic mass is 16.5. The first-order valence-electron chi connectivity index (χ1n) is 11.0. The molecule has 1 aliphatic heterocycles. The monoisotopic (exact) mass is 431 g/mol. The smallest absolute Gasteiger partial charge is 0.306 e. The van der Waals surface area contributed by atoms with E-state index in [2.05, 4.69) is 35.2 Å². The molecule has 1 atom stereocenters. The van der Waals surface area contributed by atoms with E-state index in [-0.39, 0.29) is 12.0 Å². The maximum absolute atomic E-state index is 11.5. The van der Waals surface area contributed by atoms with Gasteiger partial charge in [-0.05, 0) is 55.3 Å². The largest absolute Gasteiger partial charge is 0.497 e. The van der Waals surface area contributed by atoms with E-state index in [9.17, 15) is 9.90 Å². The molecule has 0 saturated carbocycles. The number of carbonyl (C=O) groups is 1. The second-order valence-electron chi connectivity index (χ2n) is 8.14. The maximum atomic E-state index is 11.5. The number of carboxylic acid groups (broad SMARTS) is 1. The van der Waals surface area contributed by atoms with Gasteiger partial charge >= 0.3 is 5.97 Å². The van der Waals surface area contributed by atoms with Crippen molar-refractivity contribution in [3.8, 4) is 11.5 Å². The van der Waals surface area contributed by atoms with Crippen molar-refractivity contribution < 1.29 is 19.4 Å². The Morgan fingerprint density at radius 2 is 1.72 bits per heavy atom. The number of methoxy groups -OCH3 is 1. The Bertz CT molecular complexity index is 1030. The Morgan fingerprint density at radius 1 is 1.00 bits per heavy atom. The minimum absolute atomic E-state index is 0.0492. The molecule has 1 unspecified atom stereocenters. The number of hydrogen-bond acceptors (Lipinski definition) is 4. The van der Waals surface area contributed by atoms with Crippen LogP contribution in [-0.4, -0.2) is 36.2 Å². The van der Waals surface area contributed by atoms with Crippen LogP contribution in [0, 0.1) is 5.92 Å². The summed E-state index contributed by atoms with van der Waals surface area (Å²) in [6, 6.07) is 26.3. The molecule has 5 heteroatoms. The molecule has 5 nitrogen and oxygen atoms in total. The van der Waals surface area contributed by atoms with Gasteiger partial charge in [0.25, 0.3) is 0 Å². The van der Waals surface area contributed by atoms with Gasteiger partial charge in [0.05, 0.1) is 19.1 Å². The molecule has 0 spiro atoms. The van der Waals surface area contributed by atoms with Gasteiger partial charge < -0.3 is 14.6 Å². The number of carboxylic acids is 1. The van der Waals surface area contributed by atoms with Crippen LogP contribution in [0.5, 0.6) is 11.5 Å². The highest BCUT2D eigenvalue weighted by molar-refractivity contribution is 5.70. The van der Waals surface area contributed by atoms with Crippen molar-refractivity contribution in [1.29, 1.82) is 0 Å². The van der Waals surface area contributed by atoms with Gasteiger partial charge in [-0.1, -0.05) is 60.7 Å². The Labute approximate surface area is 189 Å². The molecular weight excluding hydrogens is 402 g/mol. The van der Waals surface area contributed by atoms with Crippen LogP contribution in [0.3, 0.4) is 0 Å². The van der Waals surface area contributed by atoms with Crippen molar-refractivity contribution in [1.82, 2.24) is 4.90 Å². The Hall–Kier alpha value is -3.31. The van der Waals surface area contributed by atoms with Crippen LogP contribution in [0.1, 0.15) is 35.6 Å². The van der Waals surface area contributed by atoms with Crippen molar-refractivity contribution in [3.63, 3.8) is 0 Å². The van der Waals surface area contributed by atoms with Gasteiger partial charge in [-0.3, -0.25) is 9.69 Å². The van der Waals surface area contributed by atoms with Gasteiger partial charge in [-0.2, -0.15) is 0 Å². The summed E-state index contributed by atoms with van der Waals surface area (Å²) in [7, 11) is 1.67. The number of benzene rings is 3. The standard InChI is InChI=1S/C27H29NO4/c1-31-23-11-7-10-22(18-23)26(28-16-14-21(15-17-28)27(29)30)24-12-5-6-13-25(24)32-19-20-8-3-2-4-9-20/h2-13,18,21,26H,14-17,19H2,1H3,(H,29,30). The fourth-order valence-electron chi connectivity index (χ4n) is 4.38. The molecule has 1 N–H and O–H groups in total. The zero-order chi connectivity index (χ0) is 22.3. The van der Waals surface area contributed by atoms with Gasteiger partial charge in [0.15, 0.2) is 0 Å². The highest BCUT2D eigenvalue weighted by Crippen LogP contribution is 2.38. The van der Waals surface area contributed by atoms with Crippen molar-refractivity contribution >= 4 is 5.97 Å². The van der Waals surface area contributed by atoms with Gasteiger partial charge in [0.1, 0.15) is 18.1 Å². The van der Waals surface area contributed by atoms with E-state index in [0.29, 0.717) is 32.5 Å². The summed E-state index contributed by atoms with van der Waals surface area (Å²) in [6.07, 6.45) is 1.28. The summed E-state index contributed by atoms with van der Waals surface area (Å²) in [6.45, 7) is 1.92. The number of aliphatic carboxylic acids is 1. The average molecular weight is 432 g/mol. The normalized spacial score (nSPS) is 15.8. The van der Waals surface area contributed by atoms with E-state index < -0.39 is 5.97 Å². The molecule has 1 aliphatic rings. The van der Waals surface area contributed by atoms with Crippen molar-refractivity contribution in [2.24, 2.45) is 5.92 Å². The molecule has 0 amide bonds. The van der Waals surface area contributed by atoms with Gasteiger partial charge in [0.2, 0.25) is 0 Å². The Morgan fingerprint density at radius 3 is 2.44 bits per heavy atom. The predicted molar refractivity (Wildman–Crippen MR) is 124 cm³/mol. The highest BCUT2D eigenvalue weighted by Gasteiger charge is 2.31. The Balaban J connectivity index is 1.66. The minimum atomic E-state index is -0.700. The van der Waals surface area contributed by atoms with Crippen molar-refractivity contribution in [3.05, 3.63) is 95.6 Å². The molecule has 3 aromatic rings. The third-order valence-corrected chi connectivity index (χ3v) is 6.10. The van der Waals surface area contributed by atoms with Gasteiger partial charge in [-0.25, -0.2) is 0 Å². The lowest BCUT2D eigenvalue weighted by atomic mass is 9.91. The maximum Gasteiger partial charge on any atom is 0.306 e. The van der Waals surface area contributed by atoms with Crippen LogP contribution in [-0.2, 0) is 11.4 Å². The van der Waals surface area contributed by atoms with Gasteiger partial charge in [-0.15, -0.1) is 0 Å². The van der Waals surface area contributed by atoms with E-state index in [1.807, 2.05) is 48.5 Å². The summed E-state index contributed by atoms with van der Waals surface area (Å²) < 4.78 is 11.8. The van der Waals surface area contributed by atoms with E-state index >= 15 is 0 Å². The predicted octanol–water partition coefficient (Wildman–Crippen LogP) is 5.16. The molecule has 3 aromatic carbocycles. The molecule has 1 fully saturated rings. The average Bonchev–Trinajstić information content (AvgIpc) is 2.85. The van der Waals surface area contributed by atoms with Crippen LogP contribution in [0.4, 0.5) is 0 Å². The molecule has 4 rings (SSSR count). The molecule has 1 saturated heterocycles. The summed E-state index contributed by atoms with van der Waals surface area (Å²) in [5, 5.41) is 9.43. The number of hydrogen-bond donors (Lipinski definition) is 1. The zero-order valence-electron chi connectivity index (χ0n) is 18.3. The fraction of sp³-hybridized carbons (Fsp3) is 0.296. The molecule has 1 heterocycles. The topological polar surface area (TPSA) is 59.0 Å². The number of likely N-dealkylation sites (tertiary alicyclic amines) is 1. The minimum Gasteiger partial charge on any atom is -0.497 e. The van der Waals surface area contributed by atoms with Crippen molar-refractivity contribution in [2.45, 2.75) is 25.5 Å². The first-order chi connectivity index (χ1) is 15.7. The third-order valence-electron chi connectivity index (χ3n) is 6.10. The molecular formula is C27H29NO4. The third kappa shape index (κ3) is 5.11. The lowest BCUT2D eigenvalue weighted by Gasteiger charge is -2.37. The second-order valence-corrected chi connectivity index (χ2v) is 8.14. The molecule has 166 valence electrons. The molecule has 0 aliphatic carbocycles. The quantitative estimate of drug-likeness (QED) is 0.534. The molecule has 0 bridgehead atoms. The van der Waals surface area contributed by atoms with Crippen LogP contribution in [0.15, 0.2) is 78.9 Å². The molecule has 32 heavy (non-hydrogen) atoms. The number of ether oxygens (including phenoxy) is 2. The molecule has 0 aromatic heterocycles. The van der Waals surface area contributed by atoms with E-state index in [1.165, 1.54) is 0 Å². The van der Waals surface area contributed by atoms with E-state index in [1.54, 1.807) is 7.11 Å². The van der Waals surface area contributed by atoms with Crippen LogP contribution < -0.4 is 9.47 Å². The van der Waals surface area contributed by atoms with Crippen LogP contribution >= 0.6 is 0 Å². The number of piperidine rings is 1. The Kier molecular flexibility index (Phi) is 7.07. The number of nitrogens with zero attached hydrogens (tertiary/aromatic N) is 1. The SMILES string of the molecule is COc1cccc(C(c2ccccc2OCc2ccccc2)N2CCC(C(=O)O)CC2)c1. The van der Waals surface area contributed by atoms with Crippen molar-refractivity contribution in [2.75, 3.05) is 20.2 Å². The summed E-state index contributed by atoms with van der Waals surface area (Å²) in [5.41, 5.74) is 3.29. The first kappa shape index (κ1) is 21.9. The van der Waals surface area contributed by atoms with Crippen LogP contribution in [0.25, 0.3) is 0 Å². The number of rotatable bonds is 8. The number of para-hydroxylation sites is 1. The zero-order valence-corrected chi connectivity index (χ0v) is 18.3. The lowest BCUT2D eigenvalue weighted by Crippen LogP contribution is -2.39. The van der Waals surface area contributed by atoms with Crippen LogP contribution in [0.2, 0.25) is 0 Å². The second kappa shape index (κ2) is 10.3. The summed E-state index contributed by atoms with van der Waals surface area (Å²) in [5.74, 6) is 0.663. The molecule has 0 radical (unpaired) electrons. The summed E-state index contributed by atoms with van der Waals surface area (Å²) in [4.78, 5) is 13.8. The lowest BCUT2D eigenvalue weighted by molar-refractivity contribution is -0.143. The van der Waals surface area contributed by atoms with E-state index in [0.717, 1.165) is 28.2 Å². The van der Waals surface area contributed by atoms with Gasteiger partial charge in [0, 0.05) is 5.56 Å². The fourth-order valence-corrected chi connectivity index (χ4v) is 4.38. The first-order valence-corrected chi connectivity index (χ1v) is 11.0. The summed E-state index contributed by atoms with van der Waals surface area (Å²) >= 11 is 0.